The van der Waals surface area contributed by atoms with Gasteiger partial charge in [0.1, 0.15) is 5.41 Å². The number of aliphatic carboxylic acids is 1. The molecule has 108 valence electrons. The van der Waals surface area contributed by atoms with Gasteiger partial charge in [-0.3, -0.25) is 9.59 Å². The molecule has 0 saturated carbocycles. The van der Waals surface area contributed by atoms with Gasteiger partial charge in [0.05, 0.1) is 19.3 Å². The third kappa shape index (κ3) is 3.82. The summed E-state index contributed by atoms with van der Waals surface area (Å²) < 4.78 is 5.11. The molecule has 1 fully saturated rings. The van der Waals surface area contributed by atoms with Gasteiger partial charge in [-0.15, -0.1) is 0 Å². The third-order valence-corrected chi connectivity index (χ3v) is 3.13. The molecule has 3 atom stereocenters. The molecule has 3 amide bonds. The number of primary amides is 1. The number of ether oxygens (including phenoxy) is 1. The van der Waals surface area contributed by atoms with Crippen molar-refractivity contribution in [3.8, 4) is 0 Å². The molecule has 1 rings (SSSR count). The summed E-state index contributed by atoms with van der Waals surface area (Å²) in [6, 6.07) is -1.58. The smallest absolute Gasteiger partial charge is 0.315 e. The predicted octanol–water partition coefficient (Wildman–Crippen LogP) is -0.961. The van der Waals surface area contributed by atoms with Crippen molar-refractivity contribution < 1.29 is 24.2 Å². The minimum Gasteiger partial charge on any atom is -0.481 e. The Hall–Kier alpha value is -1.83. The summed E-state index contributed by atoms with van der Waals surface area (Å²) in [6.45, 7) is 3.33. The molecule has 0 spiro atoms. The van der Waals surface area contributed by atoms with Crippen LogP contribution in [0.15, 0.2) is 0 Å². The number of carboxylic acid groups (broad SMARTS) is 1. The van der Waals surface area contributed by atoms with Gasteiger partial charge < -0.3 is 26.2 Å². The highest BCUT2D eigenvalue weighted by Crippen LogP contribution is 2.28. The van der Waals surface area contributed by atoms with Crippen molar-refractivity contribution in [1.29, 1.82) is 0 Å². The van der Waals surface area contributed by atoms with Gasteiger partial charge in [-0.1, -0.05) is 0 Å². The van der Waals surface area contributed by atoms with Gasteiger partial charge in [0.15, 0.2) is 0 Å². The van der Waals surface area contributed by atoms with Crippen LogP contribution < -0.4 is 16.4 Å². The van der Waals surface area contributed by atoms with Gasteiger partial charge in [-0.2, -0.15) is 0 Å². The number of nitrogens with two attached hydrogens (primary N) is 1. The summed E-state index contributed by atoms with van der Waals surface area (Å²) in [5.74, 6) is -1.55. The van der Waals surface area contributed by atoms with Crippen molar-refractivity contribution in [1.82, 2.24) is 10.6 Å². The van der Waals surface area contributed by atoms with E-state index in [1.54, 1.807) is 6.92 Å². The van der Waals surface area contributed by atoms with E-state index in [-0.39, 0.29) is 19.6 Å². The second kappa shape index (κ2) is 5.87. The molecule has 0 aromatic rings. The van der Waals surface area contributed by atoms with Crippen molar-refractivity contribution in [2.75, 3.05) is 13.2 Å². The van der Waals surface area contributed by atoms with E-state index in [9.17, 15) is 14.4 Å². The molecule has 0 radical (unpaired) electrons. The number of rotatable bonds is 5. The highest BCUT2D eigenvalue weighted by atomic mass is 16.5. The van der Waals surface area contributed by atoms with Gasteiger partial charge in [0, 0.05) is 12.5 Å². The SMILES string of the molecule is CC(CC(N)=O)NC(=O)NC1COCC1(C)C(=O)O. The van der Waals surface area contributed by atoms with Crippen LogP contribution in [0.1, 0.15) is 20.3 Å². The van der Waals surface area contributed by atoms with Crippen LogP contribution in [0.3, 0.4) is 0 Å². The lowest BCUT2D eigenvalue weighted by Crippen LogP contribution is -2.53. The van der Waals surface area contributed by atoms with Crippen LogP contribution in [0, 0.1) is 5.41 Å². The van der Waals surface area contributed by atoms with Gasteiger partial charge in [-0.05, 0) is 13.8 Å². The first-order chi connectivity index (χ1) is 8.75. The lowest BCUT2D eigenvalue weighted by Gasteiger charge is -2.26. The molecule has 1 aliphatic heterocycles. The molecule has 0 bridgehead atoms. The van der Waals surface area contributed by atoms with Gasteiger partial charge in [0.2, 0.25) is 5.91 Å². The summed E-state index contributed by atoms with van der Waals surface area (Å²) in [5, 5.41) is 14.2. The van der Waals surface area contributed by atoms with E-state index in [0.29, 0.717) is 0 Å². The summed E-state index contributed by atoms with van der Waals surface area (Å²) in [4.78, 5) is 33.5. The lowest BCUT2D eigenvalue weighted by molar-refractivity contribution is -0.148. The van der Waals surface area contributed by atoms with E-state index < -0.39 is 35.4 Å². The highest BCUT2D eigenvalue weighted by Gasteiger charge is 2.47. The van der Waals surface area contributed by atoms with Crippen LogP contribution in [0.2, 0.25) is 0 Å². The number of hydrogen-bond donors (Lipinski definition) is 4. The Kier molecular flexibility index (Phi) is 4.71. The van der Waals surface area contributed by atoms with Crippen molar-refractivity contribution >= 4 is 17.9 Å². The Labute approximate surface area is 110 Å². The van der Waals surface area contributed by atoms with Crippen LogP contribution in [0.4, 0.5) is 4.79 Å². The van der Waals surface area contributed by atoms with Crippen molar-refractivity contribution in [3.63, 3.8) is 0 Å². The van der Waals surface area contributed by atoms with E-state index in [0.717, 1.165) is 0 Å². The first kappa shape index (κ1) is 15.2. The second-order valence-corrected chi connectivity index (χ2v) is 4.98. The summed E-state index contributed by atoms with van der Waals surface area (Å²) in [7, 11) is 0. The molecule has 0 aliphatic carbocycles. The van der Waals surface area contributed by atoms with Gasteiger partial charge in [-0.25, -0.2) is 4.79 Å². The molecule has 1 aliphatic rings. The number of nitrogens with one attached hydrogen (secondary N) is 2. The average Bonchev–Trinajstić information content (AvgIpc) is 2.59. The third-order valence-electron chi connectivity index (χ3n) is 3.13. The fraction of sp³-hybridized carbons (Fsp3) is 0.727. The number of carbonyl (C=O) groups excluding carboxylic acids is 2. The maximum atomic E-state index is 11.7. The molecule has 1 saturated heterocycles. The number of carboxylic acids is 1. The molecule has 5 N–H and O–H groups in total. The first-order valence-corrected chi connectivity index (χ1v) is 5.92. The highest BCUT2D eigenvalue weighted by molar-refractivity contribution is 5.80. The van der Waals surface area contributed by atoms with Crippen LogP contribution in [-0.2, 0) is 14.3 Å². The molecule has 1 heterocycles. The lowest BCUT2D eigenvalue weighted by atomic mass is 9.85. The van der Waals surface area contributed by atoms with E-state index in [1.807, 2.05) is 0 Å². The summed E-state index contributed by atoms with van der Waals surface area (Å²) in [6.07, 6.45) is 0.0186. The number of hydrogen-bond acceptors (Lipinski definition) is 4. The minimum absolute atomic E-state index is 0.0186. The molecular weight excluding hydrogens is 254 g/mol. The Balaban J connectivity index is 2.52. The topological polar surface area (TPSA) is 131 Å². The van der Waals surface area contributed by atoms with E-state index in [2.05, 4.69) is 10.6 Å². The van der Waals surface area contributed by atoms with Crippen LogP contribution in [0.25, 0.3) is 0 Å². The summed E-state index contributed by atoms with van der Waals surface area (Å²) in [5.41, 5.74) is 3.86. The van der Waals surface area contributed by atoms with Crippen LogP contribution >= 0.6 is 0 Å². The normalized spacial score (nSPS) is 27.6. The Morgan fingerprint density at radius 3 is 2.68 bits per heavy atom. The van der Waals surface area contributed by atoms with Crippen molar-refractivity contribution in [2.24, 2.45) is 11.1 Å². The summed E-state index contributed by atoms with van der Waals surface area (Å²) >= 11 is 0. The Morgan fingerprint density at radius 1 is 1.53 bits per heavy atom. The zero-order chi connectivity index (χ0) is 14.6. The molecule has 3 unspecified atom stereocenters. The van der Waals surface area contributed by atoms with E-state index in [1.165, 1.54) is 6.92 Å². The number of amides is 3. The quantitative estimate of drug-likeness (QED) is 0.512. The average molecular weight is 273 g/mol. The van der Waals surface area contributed by atoms with Crippen LogP contribution in [0.5, 0.6) is 0 Å². The minimum atomic E-state index is -1.15. The molecule has 8 nitrogen and oxygen atoms in total. The Morgan fingerprint density at radius 2 is 2.16 bits per heavy atom. The fourth-order valence-electron chi connectivity index (χ4n) is 1.86. The molecule has 8 heteroatoms. The Bertz CT molecular complexity index is 387. The molecular formula is C11H19N3O5. The fourth-order valence-corrected chi connectivity index (χ4v) is 1.86. The largest absolute Gasteiger partial charge is 0.481 e. The zero-order valence-corrected chi connectivity index (χ0v) is 10.9. The maximum absolute atomic E-state index is 11.7. The standard InChI is InChI=1S/C11H19N3O5/c1-6(3-8(12)15)13-10(18)14-7-4-19-5-11(7,2)9(16)17/h6-7H,3-5H2,1-2H3,(H2,12,15)(H,16,17)(H2,13,14,18). The van der Waals surface area contributed by atoms with Crippen molar-refractivity contribution in [2.45, 2.75) is 32.4 Å². The molecule has 0 aromatic carbocycles. The maximum Gasteiger partial charge on any atom is 0.315 e. The van der Waals surface area contributed by atoms with Crippen LogP contribution in [-0.4, -0.2) is 48.3 Å². The van der Waals surface area contributed by atoms with E-state index >= 15 is 0 Å². The predicted molar refractivity (Wildman–Crippen MR) is 65.3 cm³/mol. The second-order valence-electron chi connectivity index (χ2n) is 4.98. The molecule has 19 heavy (non-hydrogen) atoms. The first-order valence-electron chi connectivity index (χ1n) is 5.92. The number of urea groups is 1. The van der Waals surface area contributed by atoms with E-state index in [4.69, 9.17) is 15.6 Å². The monoisotopic (exact) mass is 273 g/mol. The zero-order valence-electron chi connectivity index (χ0n) is 10.9. The van der Waals surface area contributed by atoms with Crippen molar-refractivity contribution in [3.05, 3.63) is 0 Å². The van der Waals surface area contributed by atoms with Gasteiger partial charge >= 0.3 is 12.0 Å². The number of carbonyl (C=O) groups is 3. The molecule has 0 aromatic heterocycles. The van der Waals surface area contributed by atoms with Gasteiger partial charge in [0.25, 0.3) is 0 Å².